The van der Waals surface area contributed by atoms with Gasteiger partial charge in [0.1, 0.15) is 0 Å². The number of hydrogen-bond donors (Lipinski definition) is 2. The maximum Gasteiger partial charge on any atom is 0.241 e. The summed E-state index contributed by atoms with van der Waals surface area (Å²) in [6, 6.07) is 3.22. The summed E-state index contributed by atoms with van der Waals surface area (Å²) in [6.07, 6.45) is 1.89. The van der Waals surface area contributed by atoms with Crippen LogP contribution in [-0.2, 0) is 4.79 Å². The van der Waals surface area contributed by atoms with E-state index in [9.17, 15) is 9.90 Å². The summed E-state index contributed by atoms with van der Waals surface area (Å²) in [5, 5.41) is 13.8. The van der Waals surface area contributed by atoms with Crippen LogP contribution in [0.25, 0.3) is 0 Å². The summed E-state index contributed by atoms with van der Waals surface area (Å²) in [5.74, 6) is 0.357. The van der Waals surface area contributed by atoms with Crippen molar-refractivity contribution >= 4 is 12.1 Å². The monoisotopic (exact) mass is 350 g/mol. The van der Waals surface area contributed by atoms with Gasteiger partial charge in [-0.2, -0.15) is 5.10 Å². The largest absolute Gasteiger partial charge is 0.502 e. The van der Waals surface area contributed by atoms with E-state index in [1.807, 2.05) is 0 Å². The summed E-state index contributed by atoms with van der Waals surface area (Å²) in [4.78, 5) is 16.4. The Morgan fingerprint density at radius 2 is 1.84 bits per heavy atom. The number of nitrogens with zero attached hydrogens (tertiary/aromatic N) is 3. The topological polar surface area (TPSA) is 86.6 Å². The molecule has 0 spiro atoms. The molecule has 2 rings (SSSR count). The second kappa shape index (κ2) is 9.24. The molecule has 1 aliphatic heterocycles. The number of aromatic hydroxyl groups is 1. The van der Waals surface area contributed by atoms with Crippen LogP contribution in [0.2, 0.25) is 0 Å². The van der Waals surface area contributed by atoms with Crippen molar-refractivity contribution < 1.29 is 19.4 Å². The van der Waals surface area contributed by atoms with E-state index >= 15 is 0 Å². The first-order valence-electron chi connectivity index (χ1n) is 8.21. The van der Waals surface area contributed by atoms with Gasteiger partial charge in [-0.15, -0.1) is 0 Å². The highest BCUT2D eigenvalue weighted by Gasteiger charge is 2.14. The van der Waals surface area contributed by atoms with Crippen LogP contribution in [0, 0.1) is 0 Å². The average molecular weight is 350 g/mol. The average Bonchev–Trinajstić information content (AvgIpc) is 2.62. The normalized spacial score (nSPS) is 16.1. The smallest absolute Gasteiger partial charge is 0.241 e. The lowest BCUT2D eigenvalue weighted by Gasteiger charge is -2.32. The molecule has 25 heavy (non-hydrogen) atoms. The first-order chi connectivity index (χ1) is 12.0. The fourth-order valence-corrected chi connectivity index (χ4v) is 2.55. The molecule has 1 fully saturated rings. The van der Waals surface area contributed by atoms with Crippen molar-refractivity contribution in [3.05, 3.63) is 17.7 Å². The zero-order chi connectivity index (χ0) is 18.2. The third kappa shape index (κ3) is 5.61. The summed E-state index contributed by atoms with van der Waals surface area (Å²) >= 11 is 0. The van der Waals surface area contributed by atoms with Crippen molar-refractivity contribution in [3.63, 3.8) is 0 Å². The number of amides is 1. The van der Waals surface area contributed by atoms with E-state index in [1.165, 1.54) is 20.4 Å². The molecule has 1 aromatic rings. The van der Waals surface area contributed by atoms with Gasteiger partial charge in [-0.1, -0.05) is 0 Å². The highest BCUT2D eigenvalue weighted by molar-refractivity contribution is 5.84. The third-order valence-electron chi connectivity index (χ3n) is 4.16. The number of methoxy groups -OCH3 is 2. The molecular formula is C17H26N4O4. The molecule has 1 aromatic carbocycles. The molecule has 0 atom stereocenters. The Morgan fingerprint density at radius 1 is 1.24 bits per heavy atom. The van der Waals surface area contributed by atoms with E-state index in [4.69, 9.17) is 9.47 Å². The molecule has 1 aliphatic rings. The van der Waals surface area contributed by atoms with E-state index in [2.05, 4.69) is 27.4 Å². The summed E-state index contributed by atoms with van der Waals surface area (Å²) in [5.41, 5.74) is 3.16. The van der Waals surface area contributed by atoms with Gasteiger partial charge in [0.2, 0.25) is 11.7 Å². The lowest BCUT2D eigenvalue weighted by Crippen LogP contribution is -2.45. The zero-order valence-electron chi connectivity index (χ0n) is 15.0. The van der Waals surface area contributed by atoms with Crippen LogP contribution in [-0.4, -0.2) is 81.0 Å². The molecule has 0 radical (unpaired) electrons. The molecular weight excluding hydrogens is 324 g/mol. The minimum absolute atomic E-state index is 0.0710. The molecule has 0 aliphatic carbocycles. The summed E-state index contributed by atoms with van der Waals surface area (Å²) in [6.45, 7) is 4.77. The predicted molar refractivity (Wildman–Crippen MR) is 95.5 cm³/mol. The van der Waals surface area contributed by atoms with Gasteiger partial charge in [0, 0.05) is 44.7 Å². The minimum atomic E-state index is -0.132. The molecule has 8 nitrogen and oxygen atoms in total. The quantitative estimate of drug-likeness (QED) is 0.550. The van der Waals surface area contributed by atoms with E-state index in [1.54, 1.807) is 12.1 Å². The fourth-order valence-electron chi connectivity index (χ4n) is 2.55. The third-order valence-corrected chi connectivity index (χ3v) is 4.16. The highest BCUT2D eigenvalue weighted by atomic mass is 16.5. The Labute approximate surface area is 148 Å². The number of benzene rings is 1. The van der Waals surface area contributed by atoms with Gasteiger partial charge >= 0.3 is 0 Å². The van der Waals surface area contributed by atoms with E-state index in [0.717, 1.165) is 32.7 Å². The number of nitrogens with one attached hydrogen (secondary N) is 1. The Morgan fingerprint density at radius 3 is 2.40 bits per heavy atom. The Kier molecular flexibility index (Phi) is 7.03. The number of likely N-dealkylation sites (N-methyl/N-ethyl adjacent to an activating group) is 1. The zero-order valence-corrected chi connectivity index (χ0v) is 15.0. The van der Waals surface area contributed by atoms with E-state index in [-0.39, 0.29) is 23.2 Å². The van der Waals surface area contributed by atoms with Crippen molar-refractivity contribution in [1.82, 2.24) is 15.2 Å². The van der Waals surface area contributed by atoms with Crippen molar-refractivity contribution in [3.8, 4) is 17.2 Å². The Bertz CT molecular complexity index is 588. The molecule has 0 unspecified atom stereocenters. The second-order valence-corrected chi connectivity index (χ2v) is 5.96. The second-order valence-electron chi connectivity index (χ2n) is 5.96. The Balaban J connectivity index is 1.83. The van der Waals surface area contributed by atoms with Crippen LogP contribution in [0.1, 0.15) is 12.0 Å². The van der Waals surface area contributed by atoms with Crippen molar-refractivity contribution in [2.75, 3.05) is 54.0 Å². The lowest BCUT2D eigenvalue weighted by atomic mass is 10.2. The Hall–Kier alpha value is -2.32. The molecule has 8 heteroatoms. The molecule has 2 N–H and O–H groups in total. The molecule has 1 amide bonds. The number of rotatable bonds is 7. The minimum Gasteiger partial charge on any atom is -0.502 e. The fraction of sp³-hybridized carbons (Fsp3) is 0.529. The summed E-state index contributed by atoms with van der Waals surface area (Å²) < 4.78 is 10.2. The standard InChI is InChI=1S/C17H26N4O4/c1-20-6-8-21(9-7-20)5-4-16(22)19-18-12-13-10-14(24-2)17(23)15(11-13)25-3/h10-12,23H,4-9H2,1-3H3,(H,19,22)/b18-12+. The summed E-state index contributed by atoms with van der Waals surface area (Å²) in [7, 11) is 5.01. The van der Waals surface area contributed by atoms with Crippen LogP contribution in [0.3, 0.4) is 0 Å². The number of carbonyl (C=O) groups is 1. The van der Waals surface area contributed by atoms with Crippen molar-refractivity contribution in [2.24, 2.45) is 5.10 Å². The number of carbonyl (C=O) groups excluding carboxylic acids is 1. The molecule has 138 valence electrons. The van der Waals surface area contributed by atoms with Crippen LogP contribution in [0.5, 0.6) is 17.2 Å². The number of hydrazone groups is 1. The van der Waals surface area contributed by atoms with Gasteiger partial charge < -0.3 is 24.4 Å². The SMILES string of the molecule is COc1cc(/C=N/NC(=O)CCN2CCN(C)CC2)cc(OC)c1O. The van der Waals surface area contributed by atoms with Crippen LogP contribution >= 0.6 is 0 Å². The molecule has 1 saturated heterocycles. The molecule has 0 bridgehead atoms. The van der Waals surface area contributed by atoms with Gasteiger partial charge in [-0.3, -0.25) is 4.79 Å². The highest BCUT2D eigenvalue weighted by Crippen LogP contribution is 2.36. The maximum atomic E-state index is 11.9. The number of hydrogen-bond acceptors (Lipinski definition) is 7. The number of phenolic OH excluding ortho intramolecular Hbond substituents is 1. The van der Waals surface area contributed by atoms with Crippen LogP contribution < -0.4 is 14.9 Å². The maximum absolute atomic E-state index is 11.9. The molecule has 0 aromatic heterocycles. The van der Waals surface area contributed by atoms with Crippen LogP contribution in [0.4, 0.5) is 0 Å². The van der Waals surface area contributed by atoms with Crippen molar-refractivity contribution in [2.45, 2.75) is 6.42 Å². The van der Waals surface area contributed by atoms with Gasteiger partial charge in [0.25, 0.3) is 0 Å². The predicted octanol–water partition coefficient (Wildman–Crippen LogP) is 0.497. The lowest BCUT2D eigenvalue weighted by molar-refractivity contribution is -0.121. The van der Waals surface area contributed by atoms with E-state index < -0.39 is 0 Å². The van der Waals surface area contributed by atoms with Gasteiger partial charge in [0.15, 0.2) is 11.5 Å². The van der Waals surface area contributed by atoms with Gasteiger partial charge in [0.05, 0.1) is 20.4 Å². The van der Waals surface area contributed by atoms with Gasteiger partial charge in [-0.25, -0.2) is 5.43 Å². The van der Waals surface area contributed by atoms with Gasteiger partial charge in [-0.05, 0) is 19.2 Å². The van der Waals surface area contributed by atoms with Crippen LogP contribution in [0.15, 0.2) is 17.2 Å². The first-order valence-corrected chi connectivity index (χ1v) is 8.21. The first kappa shape index (κ1) is 19.0. The number of phenols is 1. The molecule has 0 saturated carbocycles. The van der Waals surface area contributed by atoms with Crippen molar-refractivity contribution in [1.29, 1.82) is 0 Å². The van der Waals surface area contributed by atoms with E-state index in [0.29, 0.717) is 12.0 Å². The molecule has 1 heterocycles. The number of piperazine rings is 1. The number of ether oxygens (including phenoxy) is 2.